The van der Waals surface area contributed by atoms with Crippen LogP contribution in [-0.4, -0.2) is 34.2 Å². The Morgan fingerprint density at radius 2 is 2.17 bits per heavy atom. The fourth-order valence-corrected chi connectivity index (χ4v) is 4.88. The van der Waals surface area contributed by atoms with Gasteiger partial charge in [0.25, 0.3) is 11.6 Å². The molecule has 1 aromatic carbocycles. The van der Waals surface area contributed by atoms with Gasteiger partial charge in [-0.2, -0.15) is 0 Å². The number of hydrogen-bond donors (Lipinski definition) is 2. The number of non-ortho nitro benzene ring substituents is 1. The van der Waals surface area contributed by atoms with Gasteiger partial charge in [-0.15, -0.1) is 11.3 Å². The van der Waals surface area contributed by atoms with Crippen LogP contribution in [0.3, 0.4) is 0 Å². The number of nitro groups is 1. The number of anilines is 1. The van der Waals surface area contributed by atoms with Crippen LogP contribution < -0.4 is 10.6 Å². The second kappa shape index (κ2) is 6.96. The van der Waals surface area contributed by atoms with E-state index >= 15 is 0 Å². The number of imide groups is 1. The fourth-order valence-electron chi connectivity index (χ4n) is 3.88. The Hall–Kier alpha value is -3.27. The summed E-state index contributed by atoms with van der Waals surface area (Å²) in [6.07, 6.45) is 2.13. The van der Waals surface area contributed by atoms with Crippen LogP contribution >= 0.6 is 11.3 Å². The molecule has 0 bridgehead atoms. The van der Waals surface area contributed by atoms with Crippen LogP contribution in [0, 0.1) is 17.0 Å². The van der Waals surface area contributed by atoms with Gasteiger partial charge in [0.1, 0.15) is 12.1 Å². The maximum atomic E-state index is 13.1. The minimum absolute atomic E-state index is 0.160. The predicted molar refractivity (Wildman–Crippen MR) is 106 cm³/mol. The lowest BCUT2D eigenvalue weighted by molar-refractivity contribution is -0.384. The number of nitrogens with one attached hydrogen (secondary N) is 2. The van der Waals surface area contributed by atoms with Crippen molar-refractivity contribution in [3.05, 3.63) is 55.8 Å². The van der Waals surface area contributed by atoms with Crippen LogP contribution in [-0.2, 0) is 21.5 Å². The lowest BCUT2D eigenvalue weighted by atomic mass is 9.80. The first kappa shape index (κ1) is 19.1. The van der Waals surface area contributed by atoms with Gasteiger partial charge in [-0.05, 0) is 43.2 Å². The number of carbonyl (C=O) groups is 3. The molecule has 1 spiro atoms. The predicted octanol–water partition coefficient (Wildman–Crippen LogP) is 2.69. The molecule has 9 nitrogen and oxygen atoms in total. The second-order valence-electron chi connectivity index (χ2n) is 7.14. The normalized spacial score (nSPS) is 20.5. The van der Waals surface area contributed by atoms with E-state index in [0.29, 0.717) is 12.0 Å². The highest BCUT2D eigenvalue weighted by Crippen LogP contribution is 2.42. The summed E-state index contributed by atoms with van der Waals surface area (Å²) in [5, 5.41) is 18.2. The van der Waals surface area contributed by atoms with E-state index in [9.17, 15) is 24.5 Å². The maximum Gasteiger partial charge on any atom is 0.325 e. The quantitative estimate of drug-likeness (QED) is 0.453. The molecule has 1 aromatic heterocycles. The molecular formula is C19H18N4O5S. The zero-order chi connectivity index (χ0) is 20.8. The summed E-state index contributed by atoms with van der Waals surface area (Å²) in [6, 6.07) is 5.36. The van der Waals surface area contributed by atoms with Gasteiger partial charge in [-0.25, -0.2) is 4.79 Å². The molecule has 4 rings (SSSR count). The van der Waals surface area contributed by atoms with Gasteiger partial charge >= 0.3 is 6.03 Å². The standard InChI is InChI=1S/C19H18N4O5S/c1-11-4-5-12(23(27)28)9-14(11)20-16(24)10-22-17(25)19(21-18(22)26)7-2-3-15-13(19)6-8-29-15/h4-6,8-9H,2-3,7,10H2,1H3,(H,20,24)(H,21,26)/t19-/m0/s1. The number of aryl methyl sites for hydroxylation is 2. The minimum Gasteiger partial charge on any atom is -0.324 e. The summed E-state index contributed by atoms with van der Waals surface area (Å²) in [6.45, 7) is 1.23. The molecule has 10 heteroatoms. The van der Waals surface area contributed by atoms with Crippen molar-refractivity contribution in [2.75, 3.05) is 11.9 Å². The average Bonchev–Trinajstić information content (AvgIpc) is 3.24. The summed E-state index contributed by atoms with van der Waals surface area (Å²) in [7, 11) is 0. The van der Waals surface area contributed by atoms with Crippen molar-refractivity contribution in [3.8, 4) is 0 Å². The summed E-state index contributed by atoms with van der Waals surface area (Å²) in [5.74, 6) is -1.04. The zero-order valence-corrected chi connectivity index (χ0v) is 16.4. The van der Waals surface area contributed by atoms with Gasteiger partial charge in [0.05, 0.1) is 10.6 Å². The van der Waals surface area contributed by atoms with Crippen LogP contribution in [0.1, 0.15) is 28.8 Å². The summed E-state index contributed by atoms with van der Waals surface area (Å²) < 4.78 is 0. The molecule has 0 unspecified atom stereocenters. The van der Waals surface area contributed by atoms with E-state index in [0.717, 1.165) is 28.2 Å². The highest BCUT2D eigenvalue weighted by atomic mass is 32.1. The molecular weight excluding hydrogens is 396 g/mol. The lowest BCUT2D eigenvalue weighted by Gasteiger charge is -2.31. The third-order valence-electron chi connectivity index (χ3n) is 5.34. The van der Waals surface area contributed by atoms with Gasteiger partial charge in [0.2, 0.25) is 5.91 Å². The number of rotatable bonds is 4. The summed E-state index contributed by atoms with van der Waals surface area (Å²) >= 11 is 1.56. The van der Waals surface area contributed by atoms with E-state index in [1.807, 2.05) is 11.4 Å². The Bertz CT molecular complexity index is 1050. The molecule has 0 radical (unpaired) electrons. The summed E-state index contributed by atoms with van der Waals surface area (Å²) in [4.78, 5) is 50.5. The Labute approximate surface area is 169 Å². The number of nitro benzene ring substituents is 1. The third kappa shape index (κ3) is 3.15. The molecule has 1 fully saturated rings. The number of thiophene rings is 1. The molecule has 1 aliphatic carbocycles. The van der Waals surface area contributed by atoms with E-state index in [-0.39, 0.29) is 11.4 Å². The van der Waals surface area contributed by atoms with Crippen LogP contribution in [0.2, 0.25) is 0 Å². The molecule has 2 aromatic rings. The van der Waals surface area contributed by atoms with Crippen LogP contribution in [0.4, 0.5) is 16.2 Å². The average molecular weight is 414 g/mol. The Balaban J connectivity index is 1.53. The molecule has 4 amide bonds. The van der Waals surface area contributed by atoms with Crippen molar-refractivity contribution >= 4 is 40.6 Å². The van der Waals surface area contributed by atoms with Crippen LogP contribution in [0.5, 0.6) is 0 Å². The van der Waals surface area contributed by atoms with E-state index in [2.05, 4.69) is 10.6 Å². The Kier molecular flexibility index (Phi) is 4.58. The first-order valence-electron chi connectivity index (χ1n) is 9.08. The summed E-state index contributed by atoms with van der Waals surface area (Å²) in [5.41, 5.74) is 0.444. The molecule has 2 aliphatic rings. The Morgan fingerprint density at radius 3 is 2.93 bits per heavy atom. The first-order chi connectivity index (χ1) is 13.8. The van der Waals surface area contributed by atoms with Gasteiger partial charge < -0.3 is 10.6 Å². The number of nitrogens with zero attached hydrogens (tertiary/aromatic N) is 2. The number of fused-ring (bicyclic) bond motifs is 2. The monoisotopic (exact) mass is 414 g/mol. The third-order valence-corrected chi connectivity index (χ3v) is 6.33. The van der Waals surface area contributed by atoms with Crippen LogP contribution in [0.15, 0.2) is 29.6 Å². The van der Waals surface area contributed by atoms with Gasteiger partial charge in [0.15, 0.2) is 0 Å². The second-order valence-corrected chi connectivity index (χ2v) is 8.14. The molecule has 1 saturated heterocycles. The highest BCUT2D eigenvalue weighted by molar-refractivity contribution is 7.10. The van der Waals surface area contributed by atoms with E-state index < -0.39 is 34.9 Å². The molecule has 150 valence electrons. The van der Waals surface area contributed by atoms with Crippen molar-refractivity contribution < 1.29 is 19.3 Å². The molecule has 0 saturated carbocycles. The fraction of sp³-hybridized carbons (Fsp3) is 0.316. The number of urea groups is 1. The minimum atomic E-state index is -1.10. The molecule has 1 atom stereocenters. The van der Waals surface area contributed by atoms with Gasteiger partial charge in [-0.3, -0.25) is 24.6 Å². The van der Waals surface area contributed by atoms with E-state index in [1.54, 1.807) is 18.3 Å². The first-order valence-corrected chi connectivity index (χ1v) is 9.95. The smallest absolute Gasteiger partial charge is 0.324 e. The number of carbonyl (C=O) groups excluding carboxylic acids is 3. The maximum absolute atomic E-state index is 13.1. The van der Waals surface area contributed by atoms with Crippen molar-refractivity contribution in [2.45, 2.75) is 31.7 Å². The topological polar surface area (TPSA) is 122 Å². The van der Waals surface area contributed by atoms with Crippen molar-refractivity contribution in [3.63, 3.8) is 0 Å². The molecule has 2 N–H and O–H groups in total. The molecule has 2 heterocycles. The zero-order valence-electron chi connectivity index (χ0n) is 15.6. The van der Waals surface area contributed by atoms with Crippen molar-refractivity contribution in [1.29, 1.82) is 0 Å². The largest absolute Gasteiger partial charge is 0.325 e. The number of benzene rings is 1. The van der Waals surface area contributed by atoms with Crippen molar-refractivity contribution in [1.82, 2.24) is 10.2 Å². The SMILES string of the molecule is Cc1ccc([N+](=O)[O-])cc1NC(=O)CN1C(=O)N[C@]2(CCCc3sccc32)C1=O. The molecule has 1 aliphatic heterocycles. The van der Waals surface area contributed by atoms with Crippen molar-refractivity contribution in [2.24, 2.45) is 0 Å². The lowest BCUT2D eigenvalue weighted by Crippen LogP contribution is -2.46. The molecule has 29 heavy (non-hydrogen) atoms. The van der Waals surface area contributed by atoms with Gasteiger partial charge in [-0.1, -0.05) is 6.07 Å². The van der Waals surface area contributed by atoms with Crippen LogP contribution in [0.25, 0.3) is 0 Å². The number of hydrogen-bond acceptors (Lipinski definition) is 6. The van der Waals surface area contributed by atoms with E-state index in [1.165, 1.54) is 18.2 Å². The van der Waals surface area contributed by atoms with E-state index in [4.69, 9.17) is 0 Å². The van der Waals surface area contributed by atoms with Gasteiger partial charge in [0, 0.05) is 22.6 Å². The highest BCUT2D eigenvalue weighted by Gasteiger charge is 2.54. The Morgan fingerprint density at radius 1 is 1.38 bits per heavy atom. The number of amides is 4.